The molecule has 13 heteroatoms. The molecule has 2 atom stereocenters. The summed E-state index contributed by atoms with van der Waals surface area (Å²) >= 11 is 0. The van der Waals surface area contributed by atoms with Crippen molar-refractivity contribution in [3.05, 3.63) is 0 Å². The van der Waals surface area contributed by atoms with Crippen LogP contribution in [0.4, 0.5) is 0 Å². The normalized spacial score (nSPS) is 30.5. The average Bonchev–Trinajstić information content (AvgIpc) is 3.15. The Labute approximate surface area is 128 Å². The van der Waals surface area contributed by atoms with Gasteiger partial charge in [0.15, 0.2) is 0 Å². The molecule has 0 radical (unpaired) electrons. The molecule has 0 spiro atoms. The molecule has 22 heavy (non-hydrogen) atoms. The van der Waals surface area contributed by atoms with Gasteiger partial charge in [0.2, 0.25) is 0 Å². The second-order valence-corrected chi connectivity index (χ2v) is 5.01. The Morgan fingerprint density at radius 1 is 0.909 bits per heavy atom. The molecule has 0 aliphatic carbocycles. The Morgan fingerprint density at radius 2 is 1.64 bits per heavy atom. The summed E-state index contributed by atoms with van der Waals surface area (Å²) in [4.78, 5) is 0. The van der Waals surface area contributed by atoms with Crippen molar-refractivity contribution >= 4 is 22.0 Å². The first-order valence-corrected chi connectivity index (χ1v) is 7.06. The quantitative estimate of drug-likeness (QED) is 0.498. The lowest BCUT2D eigenvalue weighted by atomic mass is 10.1. The van der Waals surface area contributed by atoms with E-state index in [-0.39, 0.29) is 58.0 Å². The van der Waals surface area contributed by atoms with E-state index in [1.807, 2.05) is 0 Å². The van der Waals surface area contributed by atoms with Crippen LogP contribution in [-0.2, 0) is 37.2 Å². The van der Waals surface area contributed by atoms with Crippen LogP contribution >= 0.6 is 0 Å². The van der Waals surface area contributed by atoms with Gasteiger partial charge in [-0.05, 0) is 0 Å². The second-order valence-electron chi connectivity index (χ2n) is 5.01. The number of aliphatic hydroxyl groups excluding tert-OH is 1. The van der Waals surface area contributed by atoms with Crippen molar-refractivity contribution in [1.82, 2.24) is 0 Å². The molecule has 0 saturated carbocycles. The molecule has 3 fully saturated rings. The van der Waals surface area contributed by atoms with Crippen molar-refractivity contribution < 1.29 is 47.4 Å². The number of hydrogen-bond donors (Lipinski definition) is 2. The van der Waals surface area contributed by atoms with Gasteiger partial charge in [0.1, 0.15) is 0 Å². The predicted octanol–water partition coefficient (Wildman–Crippen LogP) is -2.79. The van der Waals surface area contributed by atoms with E-state index < -0.39 is 22.0 Å². The zero-order chi connectivity index (χ0) is 15.4. The van der Waals surface area contributed by atoms with Gasteiger partial charge in [0.25, 0.3) is 0 Å². The lowest BCUT2D eigenvalue weighted by Gasteiger charge is -2.27. The van der Waals surface area contributed by atoms with E-state index in [0.717, 1.165) is 0 Å². The SMILES string of the molecule is OCC1COB(OC2COB(OCC3COB(O)O3)OC2)O1. The predicted molar refractivity (Wildman–Crippen MR) is 70.9 cm³/mol. The van der Waals surface area contributed by atoms with Crippen LogP contribution in [-0.4, -0.2) is 90.0 Å². The van der Waals surface area contributed by atoms with Crippen LogP contribution in [0.3, 0.4) is 0 Å². The Morgan fingerprint density at radius 3 is 2.27 bits per heavy atom. The Kier molecular flexibility index (Phi) is 6.10. The summed E-state index contributed by atoms with van der Waals surface area (Å²) in [5.74, 6) is 0. The maximum atomic E-state index is 9.03. The molecular weight excluding hydrogens is 301 g/mol. The van der Waals surface area contributed by atoms with E-state index in [9.17, 15) is 0 Å². The average molecular weight is 318 g/mol. The highest BCUT2D eigenvalue weighted by Gasteiger charge is 2.39. The van der Waals surface area contributed by atoms with Crippen LogP contribution in [0.1, 0.15) is 0 Å². The zero-order valence-electron chi connectivity index (χ0n) is 11.9. The minimum absolute atomic E-state index is 0.116. The van der Waals surface area contributed by atoms with E-state index >= 15 is 0 Å². The van der Waals surface area contributed by atoms with Gasteiger partial charge in [0, 0.05) is 0 Å². The fourth-order valence-corrected chi connectivity index (χ4v) is 2.09. The number of rotatable bonds is 6. The molecule has 0 amide bonds. The number of aliphatic hydroxyl groups is 1. The van der Waals surface area contributed by atoms with Crippen LogP contribution in [0.5, 0.6) is 0 Å². The van der Waals surface area contributed by atoms with Crippen molar-refractivity contribution in [1.29, 1.82) is 0 Å². The Bertz CT molecular complexity index is 344. The third-order valence-electron chi connectivity index (χ3n) is 3.22. The third-order valence-corrected chi connectivity index (χ3v) is 3.22. The van der Waals surface area contributed by atoms with E-state index in [0.29, 0.717) is 0 Å². The molecule has 3 aliphatic heterocycles. The van der Waals surface area contributed by atoms with E-state index in [2.05, 4.69) is 0 Å². The van der Waals surface area contributed by atoms with E-state index in [4.69, 9.17) is 47.4 Å². The third kappa shape index (κ3) is 4.65. The summed E-state index contributed by atoms with van der Waals surface area (Å²) in [5, 5.41) is 18.0. The molecular formula is C9H17B3O10. The van der Waals surface area contributed by atoms with Crippen molar-refractivity contribution in [2.24, 2.45) is 0 Å². The van der Waals surface area contributed by atoms with Gasteiger partial charge in [-0.3, -0.25) is 0 Å². The smallest absolute Gasteiger partial charge is 0.402 e. The van der Waals surface area contributed by atoms with Gasteiger partial charge >= 0.3 is 22.0 Å². The molecule has 3 rings (SSSR count). The topological polar surface area (TPSA) is 114 Å². The lowest BCUT2D eigenvalue weighted by Crippen LogP contribution is -2.45. The minimum Gasteiger partial charge on any atom is -0.402 e. The second kappa shape index (κ2) is 8.06. The molecule has 0 aromatic heterocycles. The maximum absolute atomic E-state index is 9.03. The van der Waals surface area contributed by atoms with Crippen LogP contribution in [0.15, 0.2) is 0 Å². The van der Waals surface area contributed by atoms with E-state index in [1.165, 1.54) is 0 Å². The molecule has 0 aromatic rings. The largest absolute Gasteiger partial charge is 0.640 e. The molecule has 10 nitrogen and oxygen atoms in total. The summed E-state index contributed by atoms with van der Waals surface area (Å²) in [6.45, 7) is 1.11. The summed E-state index contributed by atoms with van der Waals surface area (Å²) in [7, 11) is -2.84. The molecule has 2 N–H and O–H groups in total. The van der Waals surface area contributed by atoms with Crippen LogP contribution < -0.4 is 0 Å². The fraction of sp³-hybridized carbons (Fsp3) is 1.00. The Balaban J connectivity index is 1.29. The highest BCUT2D eigenvalue weighted by atomic mass is 16.8. The van der Waals surface area contributed by atoms with Crippen LogP contribution in [0.25, 0.3) is 0 Å². The summed E-state index contributed by atoms with van der Waals surface area (Å²) < 4.78 is 41.9. The fourth-order valence-electron chi connectivity index (χ4n) is 2.09. The first-order valence-electron chi connectivity index (χ1n) is 7.06. The van der Waals surface area contributed by atoms with Gasteiger partial charge in [-0.2, -0.15) is 0 Å². The van der Waals surface area contributed by atoms with E-state index in [1.54, 1.807) is 0 Å². The molecule has 2 unspecified atom stereocenters. The van der Waals surface area contributed by atoms with Crippen molar-refractivity contribution in [3.63, 3.8) is 0 Å². The monoisotopic (exact) mass is 318 g/mol. The van der Waals surface area contributed by atoms with Crippen molar-refractivity contribution in [2.45, 2.75) is 18.3 Å². The molecule has 3 saturated heterocycles. The highest BCUT2D eigenvalue weighted by molar-refractivity contribution is 6.38. The lowest BCUT2D eigenvalue weighted by molar-refractivity contribution is -0.0430. The van der Waals surface area contributed by atoms with Crippen molar-refractivity contribution in [3.8, 4) is 0 Å². The molecule has 0 bridgehead atoms. The summed E-state index contributed by atoms with van der Waals surface area (Å²) in [5.41, 5.74) is 0. The maximum Gasteiger partial charge on any atom is 0.640 e. The molecule has 122 valence electrons. The van der Waals surface area contributed by atoms with Crippen LogP contribution in [0, 0.1) is 0 Å². The molecule has 3 aliphatic rings. The minimum atomic E-state index is -1.20. The standard InChI is InChI=1S/C9H17B3O10/c13-1-7-2-19-12(21-7)22-9-5-17-11(18-6-9)16-4-8-3-15-10(14)20-8/h7-9,13-14H,1-6H2. The van der Waals surface area contributed by atoms with Gasteiger partial charge in [-0.15, -0.1) is 0 Å². The number of hydrogen-bond acceptors (Lipinski definition) is 10. The zero-order valence-corrected chi connectivity index (χ0v) is 11.9. The summed E-state index contributed by atoms with van der Waals surface area (Å²) in [6, 6.07) is 0. The van der Waals surface area contributed by atoms with Gasteiger partial charge in [-0.1, -0.05) is 0 Å². The highest BCUT2D eigenvalue weighted by Crippen LogP contribution is 2.15. The molecule has 3 heterocycles. The first-order chi connectivity index (χ1) is 10.7. The van der Waals surface area contributed by atoms with Crippen LogP contribution in [0.2, 0.25) is 0 Å². The first kappa shape index (κ1) is 16.6. The molecule has 0 aromatic carbocycles. The van der Waals surface area contributed by atoms with Gasteiger partial charge in [0.05, 0.1) is 58.0 Å². The van der Waals surface area contributed by atoms with Gasteiger partial charge < -0.3 is 47.4 Å². The van der Waals surface area contributed by atoms with Crippen molar-refractivity contribution in [2.75, 3.05) is 39.6 Å². The summed E-state index contributed by atoms with van der Waals surface area (Å²) in [6.07, 6.45) is -1.07. The Hall–Kier alpha value is -0.205. The van der Waals surface area contributed by atoms with Gasteiger partial charge in [-0.25, -0.2) is 0 Å².